The highest BCUT2D eigenvalue weighted by atomic mass is 31.2. The summed E-state index contributed by atoms with van der Waals surface area (Å²) in [4.78, 5) is 0. The van der Waals surface area contributed by atoms with E-state index in [4.69, 9.17) is 9.05 Å². The predicted molar refractivity (Wildman–Crippen MR) is 226 cm³/mol. The molecule has 0 heterocycles. The molecule has 0 aliphatic heterocycles. The Hall–Kier alpha value is -0.370. The van der Waals surface area contributed by atoms with Crippen LogP contribution < -0.4 is 0 Å². The third-order valence-corrected chi connectivity index (χ3v) is 12.2. The Morgan fingerprint density at radius 3 is 0.860 bits per heavy atom. The molecule has 0 radical (unpaired) electrons. The molecular weight excluding hydrogens is 631 g/mol. The maximum Gasteiger partial charge on any atom is 0.330 e. The fourth-order valence-corrected chi connectivity index (χ4v) is 8.47. The number of hydrogen-bond donors (Lipinski definition) is 0. The van der Waals surface area contributed by atoms with Crippen molar-refractivity contribution in [2.45, 2.75) is 252 Å². The monoisotopic (exact) mass is 723 g/mol. The van der Waals surface area contributed by atoms with E-state index in [9.17, 15) is 4.57 Å². The van der Waals surface area contributed by atoms with Crippen LogP contribution in [0, 0.1) is 0 Å². The SMILES string of the molecule is CCCCCCCCC=CCCCCCCCCOP(=O)(CCCCCCCCCC)OCCCCCCCCC=CCCCCCCCC. The molecule has 0 aliphatic rings. The second-order valence-electron chi connectivity index (χ2n) is 15.4. The molecule has 0 spiro atoms. The highest BCUT2D eigenvalue weighted by Gasteiger charge is 2.23. The van der Waals surface area contributed by atoms with Gasteiger partial charge in [0.2, 0.25) is 0 Å². The summed E-state index contributed by atoms with van der Waals surface area (Å²) in [6.45, 7) is 8.01. The van der Waals surface area contributed by atoms with Crippen LogP contribution in [0.15, 0.2) is 24.3 Å². The maximum absolute atomic E-state index is 13.7. The molecule has 298 valence electrons. The minimum Gasteiger partial charge on any atom is -0.309 e. The summed E-state index contributed by atoms with van der Waals surface area (Å²) in [6, 6.07) is 0. The van der Waals surface area contributed by atoms with Gasteiger partial charge in [0.1, 0.15) is 0 Å². The molecule has 50 heavy (non-hydrogen) atoms. The Morgan fingerprint density at radius 2 is 0.560 bits per heavy atom. The molecule has 0 saturated heterocycles. The van der Waals surface area contributed by atoms with Gasteiger partial charge in [-0.25, -0.2) is 0 Å². The Balaban J connectivity index is 4.02. The van der Waals surface area contributed by atoms with Crippen molar-refractivity contribution in [2.24, 2.45) is 0 Å². The predicted octanol–water partition coefficient (Wildman–Crippen LogP) is 17.4. The van der Waals surface area contributed by atoms with Crippen LogP contribution in [0.3, 0.4) is 0 Å². The Morgan fingerprint density at radius 1 is 0.320 bits per heavy atom. The van der Waals surface area contributed by atoms with Crippen LogP contribution in [-0.4, -0.2) is 19.4 Å². The molecule has 0 bridgehead atoms. The first-order valence-electron chi connectivity index (χ1n) is 22.9. The maximum atomic E-state index is 13.7. The molecule has 0 unspecified atom stereocenters. The van der Waals surface area contributed by atoms with E-state index in [0.29, 0.717) is 19.4 Å². The summed E-state index contributed by atoms with van der Waals surface area (Å²) >= 11 is 0. The van der Waals surface area contributed by atoms with Crippen LogP contribution in [0.25, 0.3) is 0 Å². The van der Waals surface area contributed by atoms with E-state index < -0.39 is 7.60 Å². The van der Waals surface area contributed by atoms with Gasteiger partial charge in [-0.1, -0.05) is 206 Å². The van der Waals surface area contributed by atoms with Gasteiger partial charge in [-0.15, -0.1) is 0 Å². The molecule has 0 rings (SSSR count). The molecule has 0 aliphatic carbocycles. The van der Waals surface area contributed by atoms with E-state index >= 15 is 0 Å². The quantitative estimate of drug-likeness (QED) is 0.0357. The molecule has 0 fully saturated rings. The lowest BCUT2D eigenvalue weighted by molar-refractivity contribution is 0.197. The minimum atomic E-state index is -2.98. The third kappa shape index (κ3) is 40.4. The zero-order valence-corrected chi connectivity index (χ0v) is 35.5. The highest BCUT2D eigenvalue weighted by molar-refractivity contribution is 7.53. The van der Waals surface area contributed by atoms with Gasteiger partial charge in [0, 0.05) is 0 Å². The van der Waals surface area contributed by atoms with Crippen LogP contribution in [0.2, 0.25) is 0 Å². The zero-order valence-electron chi connectivity index (χ0n) is 34.6. The molecule has 0 amide bonds. The summed E-state index contributed by atoms with van der Waals surface area (Å²) in [5.74, 6) is 0. The molecule has 0 N–H and O–H groups in total. The van der Waals surface area contributed by atoms with Gasteiger partial charge in [0.15, 0.2) is 0 Å². The molecule has 0 aromatic carbocycles. The normalized spacial score (nSPS) is 13.3. The lowest BCUT2D eigenvalue weighted by atomic mass is 10.1. The first kappa shape index (κ1) is 49.6. The van der Waals surface area contributed by atoms with Crippen LogP contribution in [0.1, 0.15) is 252 Å². The largest absolute Gasteiger partial charge is 0.330 e. The molecule has 3 nitrogen and oxygen atoms in total. The summed E-state index contributed by atoms with van der Waals surface area (Å²) in [6.07, 6.45) is 56.5. The van der Waals surface area contributed by atoms with Gasteiger partial charge in [-0.3, -0.25) is 4.57 Å². The van der Waals surface area contributed by atoms with Crippen LogP contribution in [0.5, 0.6) is 0 Å². The van der Waals surface area contributed by atoms with Gasteiger partial charge in [-0.05, 0) is 70.6 Å². The van der Waals surface area contributed by atoms with E-state index in [0.717, 1.165) is 25.7 Å². The van der Waals surface area contributed by atoms with Crippen molar-refractivity contribution in [1.82, 2.24) is 0 Å². The molecular formula is C46H91O3P. The van der Waals surface area contributed by atoms with Gasteiger partial charge in [-0.2, -0.15) is 0 Å². The second kappa shape index (κ2) is 43.0. The first-order chi connectivity index (χ1) is 24.7. The van der Waals surface area contributed by atoms with Crippen molar-refractivity contribution >= 4 is 7.60 Å². The molecule has 0 saturated carbocycles. The van der Waals surface area contributed by atoms with Gasteiger partial charge < -0.3 is 9.05 Å². The van der Waals surface area contributed by atoms with Crippen molar-refractivity contribution in [1.29, 1.82) is 0 Å². The van der Waals surface area contributed by atoms with Crippen molar-refractivity contribution in [3.05, 3.63) is 24.3 Å². The molecule has 0 atom stereocenters. The van der Waals surface area contributed by atoms with Crippen molar-refractivity contribution < 1.29 is 13.6 Å². The van der Waals surface area contributed by atoms with Crippen LogP contribution >= 0.6 is 7.60 Å². The number of hydrogen-bond acceptors (Lipinski definition) is 3. The van der Waals surface area contributed by atoms with Gasteiger partial charge in [0.05, 0.1) is 19.4 Å². The van der Waals surface area contributed by atoms with E-state index in [1.165, 1.54) is 205 Å². The fraction of sp³-hybridized carbons (Fsp3) is 0.913. The highest BCUT2D eigenvalue weighted by Crippen LogP contribution is 2.49. The molecule has 4 heteroatoms. The second-order valence-corrected chi connectivity index (χ2v) is 17.5. The zero-order chi connectivity index (χ0) is 36.3. The molecule has 0 aromatic rings. The number of allylic oxidation sites excluding steroid dienone is 4. The summed E-state index contributed by atoms with van der Waals surface area (Å²) in [7, 11) is -2.98. The summed E-state index contributed by atoms with van der Waals surface area (Å²) < 4.78 is 25.8. The lowest BCUT2D eigenvalue weighted by Gasteiger charge is -2.19. The van der Waals surface area contributed by atoms with E-state index in [1.54, 1.807) is 0 Å². The van der Waals surface area contributed by atoms with Gasteiger partial charge in [0.25, 0.3) is 0 Å². The number of unbranched alkanes of at least 4 members (excludes halogenated alkanes) is 31. The fourth-order valence-electron chi connectivity index (χ4n) is 6.71. The molecule has 0 aromatic heterocycles. The Labute approximate surface area is 315 Å². The van der Waals surface area contributed by atoms with Gasteiger partial charge >= 0.3 is 7.60 Å². The van der Waals surface area contributed by atoms with E-state index in [-0.39, 0.29) is 0 Å². The summed E-state index contributed by atoms with van der Waals surface area (Å²) in [5.41, 5.74) is 0. The third-order valence-electron chi connectivity index (χ3n) is 10.2. The minimum absolute atomic E-state index is 0.586. The van der Waals surface area contributed by atoms with E-state index in [1.807, 2.05) is 0 Å². The van der Waals surface area contributed by atoms with Crippen molar-refractivity contribution in [2.75, 3.05) is 19.4 Å². The first-order valence-corrected chi connectivity index (χ1v) is 24.6. The van der Waals surface area contributed by atoms with Crippen molar-refractivity contribution in [3.8, 4) is 0 Å². The van der Waals surface area contributed by atoms with Crippen LogP contribution in [0.4, 0.5) is 0 Å². The average Bonchev–Trinajstić information content (AvgIpc) is 3.12. The average molecular weight is 723 g/mol. The standard InChI is InChI=1S/C46H91O3P/c1-4-7-10-13-16-19-21-23-25-27-29-31-33-35-38-41-44-48-50(47,46-43-40-37-18-15-12-9-6-3)49-45-42-39-36-34-32-30-28-26-24-22-20-17-14-11-8-5-2/h23-26H,4-22,27-46H2,1-3H3. The van der Waals surface area contributed by atoms with E-state index in [2.05, 4.69) is 45.1 Å². The topological polar surface area (TPSA) is 35.5 Å². The number of rotatable bonds is 43. The lowest BCUT2D eigenvalue weighted by Crippen LogP contribution is -2.04. The smallest absolute Gasteiger partial charge is 0.309 e. The Bertz CT molecular complexity index is 685. The van der Waals surface area contributed by atoms with Crippen LogP contribution in [-0.2, 0) is 13.6 Å². The van der Waals surface area contributed by atoms with Crippen molar-refractivity contribution in [3.63, 3.8) is 0 Å². The summed E-state index contributed by atoms with van der Waals surface area (Å²) in [5, 5.41) is 0. The Kier molecular flexibility index (Phi) is 42.7.